The summed E-state index contributed by atoms with van der Waals surface area (Å²) in [5.74, 6) is 0.276. The summed E-state index contributed by atoms with van der Waals surface area (Å²) >= 11 is 0. The summed E-state index contributed by atoms with van der Waals surface area (Å²) in [6, 6.07) is 0. The normalized spacial score (nSPS) is 28.9. The van der Waals surface area contributed by atoms with Gasteiger partial charge in [-0.15, -0.1) is 0 Å². The minimum Gasteiger partial charge on any atom is -0.377 e. The SMILES string of the molecule is CC1CN(C2=CC(=O)CC2)CCCO1. The number of allylic oxidation sites excluding steroid dienone is 2. The fourth-order valence-electron chi connectivity index (χ4n) is 2.09. The van der Waals surface area contributed by atoms with Crippen LogP contribution in [0.5, 0.6) is 0 Å². The third-order valence-electron chi connectivity index (χ3n) is 2.81. The van der Waals surface area contributed by atoms with Crippen LogP contribution in [-0.2, 0) is 9.53 Å². The predicted octanol–water partition coefficient (Wildman–Crippen LogP) is 1.34. The summed E-state index contributed by atoms with van der Waals surface area (Å²) in [7, 11) is 0. The van der Waals surface area contributed by atoms with Crippen molar-refractivity contribution in [2.75, 3.05) is 19.7 Å². The first-order chi connectivity index (χ1) is 6.75. The van der Waals surface area contributed by atoms with Crippen LogP contribution in [0.4, 0.5) is 0 Å². The van der Waals surface area contributed by atoms with Crippen molar-refractivity contribution in [3.05, 3.63) is 11.8 Å². The molecule has 14 heavy (non-hydrogen) atoms. The molecule has 0 bridgehead atoms. The number of rotatable bonds is 1. The van der Waals surface area contributed by atoms with E-state index in [0.29, 0.717) is 6.42 Å². The van der Waals surface area contributed by atoms with Crippen LogP contribution in [0.25, 0.3) is 0 Å². The summed E-state index contributed by atoms with van der Waals surface area (Å²) in [4.78, 5) is 13.4. The van der Waals surface area contributed by atoms with E-state index in [1.807, 2.05) is 0 Å². The van der Waals surface area contributed by atoms with Crippen molar-refractivity contribution in [3.63, 3.8) is 0 Å². The highest BCUT2D eigenvalue weighted by Crippen LogP contribution is 2.21. The molecule has 1 aliphatic carbocycles. The molecule has 0 aromatic carbocycles. The smallest absolute Gasteiger partial charge is 0.157 e. The third kappa shape index (κ3) is 2.15. The lowest BCUT2D eigenvalue weighted by Gasteiger charge is -2.25. The van der Waals surface area contributed by atoms with Crippen LogP contribution in [0, 0.1) is 0 Å². The molecule has 1 saturated heterocycles. The Morgan fingerprint density at radius 2 is 2.36 bits per heavy atom. The number of carbonyl (C=O) groups excluding carboxylic acids is 1. The number of hydrogen-bond acceptors (Lipinski definition) is 3. The van der Waals surface area contributed by atoms with E-state index in [4.69, 9.17) is 4.74 Å². The zero-order chi connectivity index (χ0) is 9.97. The molecule has 0 N–H and O–H groups in total. The molecule has 0 aromatic rings. The molecule has 0 aromatic heterocycles. The van der Waals surface area contributed by atoms with Crippen LogP contribution < -0.4 is 0 Å². The minimum atomic E-state index is 0.276. The summed E-state index contributed by atoms with van der Waals surface area (Å²) in [5, 5.41) is 0. The molecule has 1 unspecified atom stereocenters. The highest BCUT2D eigenvalue weighted by Gasteiger charge is 2.21. The molecule has 1 heterocycles. The molecule has 3 heteroatoms. The molecule has 0 amide bonds. The second-order valence-corrected chi connectivity index (χ2v) is 4.08. The van der Waals surface area contributed by atoms with Gasteiger partial charge in [-0.2, -0.15) is 0 Å². The quantitative estimate of drug-likeness (QED) is 0.632. The molecule has 78 valence electrons. The Balaban J connectivity index is 2.02. The van der Waals surface area contributed by atoms with E-state index in [2.05, 4.69) is 11.8 Å². The van der Waals surface area contributed by atoms with Crippen molar-refractivity contribution in [1.82, 2.24) is 4.90 Å². The average Bonchev–Trinajstić information content (AvgIpc) is 2.45. The van der Waals surface area contributed by atoms with Gasteiger partial charge in [-0.05, 0) is 19.8 Å². The number of ketones is 1. The highest BCUT2D eigenvalue weighted by atomic mass is 16.5. The molecule has 2 aliphatic rings. The molecule has 1 aliphatic heterocycles. The maximum atomic E-state index is 11.1. The first-order valence-electron chi connectivity index (χ1n) is 5.35. The summed E-state index contributed by atoms with van der Waals surface area (Å²) < 4.78 is 5.57. The number of hydrogen-bond donors (Lipinski definition) is 0. The maximum absolute atomic E-state index is 11.1. The van der Waals surface area contributed by atoms with E-state index in [-0.39, 0.29) is 11.9 Å². The van der Waals surface area contributed by atoms with E-state index in [1.165, 1.54) is 5.70 Å². The summed E-state index contributed by atoms with van der Waals surface area (Å²) in [6.45, 7) is 4.90. The van der Waals surface area contributed by atoms with Gasteiger partial charge < -0.3 is 9.64 Å². The van der Waals surface area contributed by atoms with Gasteiger partial charge in [-0.25, -0.2) is 0 Å². The van der Waals surface area contributed by atoms with Gasteiger partial charge in [-0.1, -0.05) is 0 Å². The Hall–Kier alpha value is -0.830. The van der Waals surface area contributed by atoms with Gasteiger partial charge in [-0.3, -0.25) is 4.79 Å². The Morgan fingerprint density at radius 1 is 1.50 bits per heavy atom. The first kappa shape index (κ1) is 9.71. The van der Waals surface area contributed by atoms with Crippen LogP contribution in [0.15, 0.2) is 11.8 Å². The molecule has 1 fully saturated rings. The topological polar surface area (TPSA) is 29.5 Å². The second kappa shape index (κ2) is 4.13. The van der Waals surface area contributed by atoms with Crippen molar-refractivity contribution in [2.45, 2.75) is 32.3 Å². The minimum absolute atomic E-state index is 0.276. The van der Waals surface area contributed by atoms with Crippen LogP contribution in [0.2, 0.25) is 0 Å². The summed E-state index contributed by atoms with van der Waals surface area (Å²) in [5.41, 5.74) is 1.22. The zero-order valence-corrected chi connectivity index (χ0v) is 8.66. The standard InChI is InChI=1S/C11H17NO2/c1-9-8-12(5-2-6-14-9)10-3-4-11(13)7-10/h7,9H,2-6,8H2,1H3. The van der Waals surface area contributed by atoms with Gasteiger partial charge in [0.2, 0.25) is 0 Å². The number of carbonyl (C=O) groups is 1. The summed E-state index contributed by atoms with van der Waals surface area (Å²) in [6.07, 6.45) is 4.77. The van der Waals surface area contributed by atoms with E-state index < -0.39 is 0 Å². The van der Waals surface area contributed by atoms with Gasteiger partial charge in [0.05, 0.1) is 6.10 Å². The Morgan fingerprint density at radius 3 is 3.07 bits per heavy atom. The van der Waals surface area contributed by atoms with Crippen molar-refractivity contribution >= 4 is 5.78 Å². The Kier molecular flexibility index (Phi) is 2.87. The van der Waals surface area contributed by atoms with Gasteiger partial charge >= 0.3 is 0 Å². The van der Waals surface area contributed by atoms with Crippen molar-refractivity contribution in [1.29, 1.82) is 0 Å². The number of ether oxygens (including phenoxy) is 1. The number of nitrogens with zero attached hydrogens (tertiary/aromatic N) is 1. The zero-order valence-electron chi connectivity index (χ0n) is 8.66. The Labute approximate surface area is 84.7 Å². The maximum Gasteiger partial charge on any atom is 0.157 e. The van der Waals surface area contributed by atoms with Gasteiger partial charge in [0.1, 0.15) is 0 Å². The predicted molar refractivity (Wildman–Crippen MR) is 53.9 cm³/mol. The second-order valence-electron chi connectivity index (χ2n) is 4.08. The lowest BCUT2D eigenvalue weighted by molar-refractivity contribution is -0.114. The van der Waals surface area contributed by atoms with E-state index in [1.54, 1.807) is 6.08 Å². The molecule has 3 nitrogen and oxygen atoms in total. The molecule has 2 rings (SSSR count). The largest absolute Gasteiger partial charge is 0.377 e. The van der Waals surface area contributed by atoms with E-state index in [9.17, 15) is 4.79 Å². The highest BCUT2D eigenvalue weighted by molar-refractivity contribution is 5.92. The Bertz CT molecular complexity index is 260. The molecule has 0 radical (unpaired) electrons. The molecule has 0 saturated carbocycles. The van der Waals surface area contributed by atoms with Crippen LogP contribution in [-0.4, -0.2) is 36.5 Å². The van der Waals surface area contributed by atoms with Gasteiger partial charge in [0.25, 0.3) is 0 Å². The molecular weight excluding hydrogens is 178 g/mol. The van der Waals surface area contributed by atoms with Crippen molar-refractivity contribution < 1.29 is 9.53 Å². The van der Waals surface area contributed by atoms with Crippen molar-refractivity contribution in [2.24, 2.45) is 0 Å². The average molecular weight is 195 g/mol. The van der Waals surface area contributed by atoms with E-state index >= 15 is 0 Å². The van der Waals surface area contributed by atoms with Crippen molar-refractivity contribution in [3.8, 4) is 0 Å². The lowest BCUT2D eigenvalue weighted by Crippen LogP contribution is -2.29. The van der Waals surface area contributed by atoms with Gasteiger partial charge in [0.15, 0.2) is 5.78 Å². The lowest BCUT2D eigenvalue weighted by atomic mass is 10.2. The van der Waals surface area contributed by atoms with Crippen LogP contribution in [0.1, 0.15) is 26.2 Å². The first-order valence-corrected chi connectivity index (χ1v) is 5.35. The molecule has 0 spiro atoms. The van der Waals surface area contributed by atoms with Crippen LogP contribution >= 0.6 is 0 Å². The van der Waals surface area contributed by atoms with E-state index in [0.717, 1.165) is 32.5 Å². The van der Waals surface area contributed by atoms with Gasteiger partial charge in [0, 0.05) is 37.9 Å². The molecular formula is C11H17NO2. The fourth-order valence-corrected chi connectivity index (χ4v) is 2.09. The fraction of sp³-hybridized carbons (Fsp3) is 0.727. The molecule has 1 atom stereocenters. The third-order valence-corrected chi connectivity index (χ3v) is 2.81. The monoisotopic (exact) mass is 195 g/mol. The van der Waals surface area contributed by atoms with Crippen LogP contribution in [0.3, 0.4) is 0 Å².